The van der Waals surface area contributed by atoms with Crippen molar-refractivity contribution in [2.75, 3.05) is 5.32 Å². The van der Waals surface area contributed by atoms with Crippen LogP contribution < -0.4 is 5.32 Å². The normalized spacial score (nSPS) is 10.3. The van der Waals surface area contributed by atoms with Gasteiger partial charge >= 0.3 is 0 Å². The average Bonchev–Trinajstić information content (AvgIpc) is 2.52. The van der Waals surface area contributed by atoms with Crippen LogP contribution in [0, 0.1) is 17.1 Å². The van der Waals surface area contributed by atoms with Crippen LogP contribution in [0.2, 0.25) is 0 Å². The number of hydrogen-bond donors (Lipinski definition) is 1. The third kappa shape index (κ3) is 2.82. The van der Waals surface area contributed by atoms with Crippen molar-refractivity contribution in [1.82, 2.24) is 4.98 Å². The molecule has 1 heterocycles. The van der Waals surface area contributed by atoms with E-state index in [0.29, 0.717) is 17.9 Å². The van der Waals surface area contributed by atoms with Crippen LogP contribution in [-0.2, 0) is 6.54 Å². The van der Waals surface area contributed by atoms with Crippen molar-refractivity contribution < 1.29 is 4.39 Å². The fourth-order valence-electron chi connectivity index (χ4n) is 2.20. The maximum atomic E-state index is 13.1. The van der Waals surface area contributed by atoms with Crippen molar-refractivity contribution in [3.05, 3.63) is 71.5 Å². The summed E-state index contributed by atoms with van der Waals surface area (Å²) in [5, 5.41) is 13.2. The average molecular weight is 277 g/mol. The van der Waals surface area contributed by atoms with E-state index in [-0.39, 0.29) is 5.82 Å². The zero-order valence-electron chi connectivity index (χ0n) is 11.2. The molecule has 0 fully saturated rings. The van der Waals surface area contributed by atoms with Crippen molar-refractivity contribution >= 4 is 16.7 Å². The van der Waals surface area contributed by atoms with E-state index in [0.717, 1.165) is 16.5 Å². The van der Waals surface area contributed by atoms with Crippen LogP contribution in [0.5, 0.6) is 0 Å². The van der Waals surface area contributed by atoms with Gasteiger partial charge in [-0.25, -0.2) is 9.37 Å². The Labute approximate surface area is 121 Å². The third-order valence-electron chi connectivity index (χ3n) is 3.20. The number of nitriles is 1. The van der Waals surface area contributed by atoms with Crippen LogP contribution in [0.15, 0.2) is 54.6 Å². The number of aromatic nitrogens is 1. The molecular formula is C17H12FN3. The van der Waals surface area contributed by atoms with Crippen molar-refractivity contribution in [2.24, 2.45) is 0 Å². The Morgan fingerprint density at radius 3 is 2.76 bits per heavy atom. The summed E-state index contributed by atoms with van der Waals surface area (Å²) in [5.41, 5.74) is 2.16. The molecule has 21 heavy (non-hydrogen) atoms. The molecule has 0 radical (unpaired) electrons. The number of para-hydroxylation sites is 1. The van der Waals surface area contributed by atoms with Gasteiger partial charge in [-0.1, -0.05) is 30.3 Å². The monoisotopic (exact) mass is 277 g/mol. The van der Waals surface area contributed by atoms with E-state index in [1.807, 2.05) is 30.3 Å². The SMILES string of the molecule is N#Cc1cc(NCc2cccc(F)c2)nc2ccccc12. The quantitative estimate of drug-likeness (QED) is 0.791. The maximum Gasteiger partial charge on any atom is 0.128 e. The highest BCUT2D eigenvalue weighted by atomic mass is 19.1. The predicted molar refractivity (Wildman–Crippen MR) is 80.2 cm³/mol. The first-order chi connectivity index (χ1) is 10.3. The first kappa shape index (κ1) is 13.1. The summed E-state index contributed by atoms with van der Waals surface area (Å²) in [5.74, 6) is 0.341. The van der Waals surface area contributed by atoms with E-state index in [2.05, 4.69) is 16.4 Å². The number of pyridine rings is 1. The number of hydrogen-bond acceptors (Lipinski definition) is 3. The molecule has 0 aliphatic heterocycles. The van der Waals surface area contributed by atoms with Crippen LogP contribution in [0.3, 0.4) is 0 Å². The molecule has 0 amide bonds. The van der Waals surface area contributed by atoms with Gasteiger partial charge in [0.1, 0.15) is 11.6 Å². The van der Waals surface area contributed by atoms with Crippen LogP contribution in [0.25, 0.3) is 10.9 Å². The second-order valence-electron chi connectivity index (χ2n) is 4.67. The molecular weight excluding hydrogens is 265 g/mol. The number of nitrogens with zero attached hydrogens (tertiary/aromatic N) is 2. The highest BCUT2D eigenvalue weighted by Gasteiger charge is 2.05. The van der Waals surface area contributed by atoms with Gasteiger partial charge in [-0.05, 0) is 29.8 Å². The third-order valence-corrected chi connectivity index (χ3v) is 3.20. The van der Waals surface area contributed by atoms with Gasteiger partial charge in [-0.2, -0.15) is 5.26 Å². The number of nitrogens with one attached hydrogen (secondary N) is 1. The Morgan fingerprint density at radius 1 is 1.10 bits per heavy atom. The molecule has 0 saturated carbocycles. The smallest absolute Gasteiger partial charge is 0.128 e. The molecule has 3 rings (SSSR count). The van der Waals surface area contributed by atoms with Crippen LogP contribution >= 0.6 is 0 Å². The Hall–Kier alpha value is -2.93. The topological polar surface area (TPSA) is 48.7 Å². The second kappa shape index (κ2) is 5.59. The summed E-state index contributed by atoms with van der Waals surface area (Å²) in [6.07, 6.45) is 0. The Bertz CT molecular complexity index is 837. The lowest BCUT2D eigenvalue weighted by atomic mass is 10.1. The first-order valence-corrected chi connectivity index (χ1v) is 6.54. The van der Waals surface area contributed by atoms with E-state index in [4.69, 9.17) is 0 Å². The minimum Gasteiger partial charge on any atom is -0.366 e. The molecule has 102 valence electrons. The van der Waals surface area contributed by atoms with Crippen molar-refractivity contribution in [1.29, 1.82) is 5.26 Å². The van der Waals surface area contributed by atoms with E-state index in [9.17, 15) is 9.65 Å². The lowest BCUT2D eigenvalue weighted by molar-refractivity contribution is 0.626. The van der Waals surface area contributed by atoms with Gasteiger partial charge in [-0.15, -0.1) is 0 Å². The van der Waals surface area contributed by atoms with Crippen LogP contribution in [0.1, 0.15) is 11.1 Å². The standard InChI is InChI=1S/C17H12FN3/c18-14-5-3-4-12(8-14)11-20-17-9-13(10-19)15-6-1-2-7-16(15)21-17/h1-9H,11H2,(H,20,21). The summed E-state index contributed by atoms with van der Waals surface area (Å²) in [6, 6.07) is 17.8. The molecule has 4 heteroatoms. The van der Waals surface area contributed by atoms with Crippen molar-refractivity contribution in [3.63, 3.8) is 0 Å². The maximum absolute atomic E-state index is 13.1. The van der Waals surface area contributed by atoms with Gasteiger partial charge in [-0.3, -0.25) is 0 Å². The minimum absolute atomic E-state index is 0.265. The van der Waals surface area contributed by atoms with Crippen molar-refractivity contribution in [3.8, 4) is 6.07 Å². The van der Waals surface area contributed by atoms with Gasteiger partial charge in [0.25, 0.3) is 0 Å². The summed E-state index contributed by atoms with van der Waals surface area (Å²) < 4.78 is 13.1. The zero-order chi connectivity index (χ0) is 14.7. The number of fused-ring (bicyclic) bond motifs is 1. The summed E-state index contributed by atoms with van der Waals surface area (Å²) in [6.45, 7) is 0.452. The Kier molecular flexibility index (Phi) is 3.48. The lowest BCUT2D eigenvalue weighted by Crippen LogP contribution is -2.02. The number of rotatable bonds is 3. The fraction of sp³-hybridized carbons (Fsp3) is 0.0588. The van der Waals surface area contributed by atoms with Gasteiger partial charge in [0, 0.05) is 11.9 Å². The van der Waals surface area contributed by atoms with Crippen LogP contribution in [-0.4, -0.2) is 4.98 Å². The first-order valence-electron chi connectivity index (χ1n) is 6.54. The zero-order valence-corrected chi connectivity index (χ0v) is 11.2. The molecule has 0 aliphatic carbocycles. The largest absolute Gasteiger partial charge is 0.366 e. The highest BCUT2D eigenvalue weighted by molar-refractivity contribution is 5.86. The lowest BCUT2D eigenvalue weighted by Gasteiger charge is -2.08. The van der Waals surface area contributed by atoms with Gasteiger partial charge < -0.3 is 5.32 Å². The van der Waals surface area contributed by atoms with E-state index in [1.165, 1.54) is 12.1 Å². The van der Waals surface area contributed by atoms with Gasteiger partial charge in [0.15, 0.2) is 0 Å². The number of benzene rings is 2. The molecule has 0 aliphatic rings. The summed E-state index contributed by atoms with van der Waals surface area (Å²) in [4.78, 5) is 4.47. The molecule has 0 unspecified atom stereocenters. The molecule has 3 aromatic rings. The summed E-state index contributed by atoms with van der Waals surface area (Å²) in [7, 11) is 0. The van der Waals surface area contributed by atoms with Crippen molar-refractivity contribution in [2.45, 2.75) is 6.54 Å². The number of halogens is 1. The second-order valence-corrected chi connectivity index (χ2v) is 4.67. The minimum atomic E-state index is -0.265. The van der Waals surface area contributed by atoms with E-state index >= 15 is 0 Å². The molecule has 1 N–H and O–H groups in total. The van der Waals surface area contributed by atoms with Gasteiger partial charge in [0.05, 0.1) is 17.1 Å². The van der Waals surface area contributed by atoms with E-state index in [1.54, 1.807) is 12.1 Å². The van der Waals surface area contributed by atoms with Crippen LogP contribution in [0.4, 0.5) is 10.2 Å². The molecule has 2 aromatic carbocycles. The molecule has 1 aromatic heterocycles. The highest BCUT2D eigenvalue weighted by Crippen LogP contribution is 2.20. The Balaban J connectivity index is 1.89. The number of anilines is 1. The molecule has 0 spiro atoms. The molecule has 3 nitrogen and oxygen atoms in total. The van der Waals surface area contributed by atoms with E-state index < -0.39 is 0 Å². The fourth-order valence-corrected chi connectivity index (χ4v) is 2.20. The molecule has 0 atom stereocenters. The van der Waals surface area contributed by atoms with Gasteiger partial charge in [0.2, 0.25) is 0 Å². The predicted octanol–water partition coefficient (Wildman–Crippen LogP) is 3.86. The molecule has 0 bridgehead atoms. The summed E-state index contributed by atoms with van der Waals surface area (Å²) >= 11 is 0. The Morgan fingerprint density at radius 2 is 1.95 bits per heavy atom. The molecule has 0 saturated heterocycles.